The van der Waals surface area contributed by atoms with Gasteiger partial charge in [0.2, 0.25) is 0 Å². The van der Waals surface area contributed by atoms with Gasteiger partial charge in [0, 0.05) is 26.7 Å². The number of aliphatic imine (C=N–C) groups is 1. The number of halogens is 4. The van der Waals surface area contributed by atoms with E-state index in [1.54, 1.807) is 7.05 Å². The summed E-state index contributed by atoms with van der Waals surface area (Å²) in [6.45, 7) is 3.68. The Hall–Kier alpha value is -1.03. The normalized spacial score (nSPS) is 19.7. The van der Waals surface area contributed by atoms with Crippen molar-refractivity contribution in [2.24, 2.45) is 10.9 Å². The molecule has 8 heteroatoms. The fraction of sp³-hybridized carbons (Fsp3) is 0.611. The third kappa shape index (κ3) is 8.11. The molecule has 0 radical (unpaired) electrons. The Bertz CT molecular complexity index is 551. The molecule has 2 unspecified atom stereocenters. The summed E-state index contributed by atoms with van der Waals surface area (Å²) in [4.78, 5) is 5.67. The Morgan fingerprint density at radius 2 is 1.96 bits per heavy atom. The van der Waals surface area contributed by atoms with E-state index in [1.165, 1.54) is 10.5 Å². The minimum atomic E-state index is -4.12. The first-order valence-electron chi connectivity index (χ1n) is 8.66. The molecule has 1 aliphatic rings. The molecular formula is C18H28F3IN4. The summed E-state index contributed by atoms with van der Waals surface area (Å²) in [5.41, 5.74) is 1.25. The summed E-state index contributed by atoms with van der Waals surface area (Å²) in [6.07, 6.45) is -3.34. The molecule has 0 aliphatic carbocycles. The molecule has 1 aromatic carbocycles. The van der Waals surface area contributed by atoms with Crippen molar-refractivity contribution in [3.63, 3.8) is 0 Å². The number of benzene rings is 1. The van der Waals surface area contributed by atoms with Gasteiger partial charge in [0.25, 0.3) is 0 Å². The number of alkyl halides is 3. The Balaban J connectivity index is 0.00000338. The lowest BCUT2D eigenvalue weighted by molar-refractivity contribution is -0.143. The molecule has 1 aliphatic heterocycles. The summed E-state index contributed by atoms with van der Waals surface area (Å²) >= 11 is 0. The Morgan fingerprint density at radius 3 is 2.58 bits per heavy atom. The minimum Gasteiger partial charge on any atom is -0.356 e. The number of likely N-dealkylation sites (tertiary alicyclic amines) is 1. The van der Waals surface area contributed by atoms with Crippen LogP contribution in [0.4, 0.5) is 13.2 Å². The van der Waals surface area contributed by atoms with Crippen LogP contribution in [0.1, 0.15) is 24.8 Å². The van der Waals surface area contributed by atoms with Crippen molar-refractivity contribution in [1.82, 2.24) is 15.5 Å². The monoisotopic (exact) mass is 484 g/mol. The number of rotatable bonds is 6. The molecule has 2 rings (SSSR count). The van der Waals surface area contributed by atoms with Crippen LogP contribution in [-0.2, 0) is 0 Å². The third-order valence-electron chi connectivity index (χ3n) is 4.50. The third-order valence-corrected chi connectivity index (χ3v) is 4.50. The van der Waals surface area contributed by atoms with Crippen LogP contribution in [-0.4, -0.2) is 56.8 Å². The molecule has 0 aromatic heterocycles. The zero-order valence-electron chi connectivity index (χ0n) is 15.2. The van der Waals surface area contributed by atoms with Crippen LogP contribution in [0, 0.1) is 5.92 Å². The molecule has 0 bridgehead atoms. The van der Waals surface area contributed by atoms with Crippen molar-refractivity contribution >= 4 is 29.9 Å². The molecule has 148 valence electrons. The first-order valence-corrected chi connectivity index (χ1v) is 8.66. The highest BCUT2D eigenvalue weighted by atomic mass is 127. The highest BCUT2D eigenvalue weighted by molar-refractivity contribution is 14.0. The van der Waals surface area contributed by atoms with E-state index < -0.39 is 12.7 Å². The molecule has 1 aromatic rings. The summed E-state index contributed by atoms with van der Waals surface area (Å²) in [5, 5.41) is 6.52. The first kappa shape index (κ1) is 23.0. The lowest BCUT2D eigenvalue weighted by Gasteiger charge is -2.19. The van der Waals surface area contributed by atoms with E-state index in [2.05, 4.69) is 34.7 Å². The second-order valence-electron chi connectivity index (χ2n) is 6.65. The SMILES string of the molecule is CN=C(NCC1CCN(CC(F)(F)F)C1)NCC(C)c1ccccc1.I. The van der Waals surface area contributed by atoms with E-state index in [0.29, 0.717) is 31.5 Å². The highest BCUT2D eigenvalue weighted by Crippen LogP contribution is 2.22. The van der Waals surface area contributed by atoms with Gasteiger partial charge in [-0.2, -0.15) is 13.2 Å². The van der Waals surface area contributed by atoms with Crippen molar-refractivity contribution in [2.45, 2.75) is 25.4 Å². The average molecular weight is 484 g/mol. The van der Waals surface area contributed by atoms with Crippen LogP contribution in [0.5, 0.6) is 0 Å². The number of nitrogens with zero attached hydrogens (tertiary/aromatic N) is 2. The van der Waals surface area contributed by atoms with Gasteiger partial charge >= 0.3 is 6.18 Å². The van der Waals surface area contributed by atoms with Gasteiger partial charge in [-0.3, -0.25) is 9.89 Å². The minimum absolute atomic E-state index is 0. The number of nitrogens with one attached hydrogen (secondary N) is 2. The van der Waals surface area contributed by atoms with Gasteiger partial charge < -0.3 is 10.6 Å². The van der Waals surface area contributed by atoms with E-state index in [4.69, 9.17) is 0 Å². The van der Waals surface area contributed by atoms with E-state index in [9.17, 15) is 13.2 Å². The molecule has 0 amide bonds. The van der Waals surface area contributed by atoms with E-state index in [-0.39, 0.29) is 29.9 Å². The van der Waals surface area contributed by atoms with Crippen LogP contribution in [0.15, 0.2) is 35.3 Å². The fourth-order valence-electron chi connectivity index (χ4n) is 3.09. The summed E-state index contributed by atoms with van der Waals surface area (Å²) in [7, 11) is 1.70. The van der Waals surface area contributed by atoms with Crippen LogP contribution >= 0.6 is 24.0 Å². The van der Waals surface area contributed by atoms with Crippen LogP contribution in [0.3, 0.4) is 0 Å². The highest BCUT2D eigenvalue weighted by Gasteiger charge is 2.34. The lowest BCUT2D eigenvalue weighted by atomic mass is 10.0. The molecule has 0 spiro atoms. The van der Waals surface area contributed by atoms with Gasteiger partial charge in [-0.25, -0.2) is 0 Å². The standard InChI is InChI=1S/C18H27F3N4.HI/c1-14(16-6-4-3-5-7-16)10-23-17(22-2)24-11-15-8-9-25(12-15)13-18(19,20)21;/h3-7,14-15H,8-13H2,1-2H3,(H2,22,23,24);1H. The fourth-order valence-corrected chi connectivity index (χ4v) is 3.09. The van der Waals surface area contributed by atoms with Gasteiger partial charge in [0.1, 0.15) is 0 Å². The van der Waals surface area contributed by atoms with E-state index in [1.807, 2.05) is 18.2 Å². The molecule has 4 nitrogen and oxygen atoms in total. The van der Waals surface area contributed by atoms with Crippen LogP contribution in [0.25, 0.3) is 0 Å². The molecule has 0 saturated carbocycles. The number of hydrogen-bond donors (Lipinski definition) is 2. The molecule has 2 atom stereocenters. The summed E-state index contributed by atoms with van der Waals surface area (Å²) in [5.74, 6) is 1.25. The predicted molar refractivity (Wildman–Crippen MR) is 110 cm³/mol. The van der Waals surface area contributed by atoms with Crippen molar-refractivity contribution in [1.29, 1.82) is 0 Å². The van der Waals surface area contributed by atoms with E-state index in [0.717, 1.165) is 13.0 Å². The van der Waals surface area contributed by atoms with Crippen molar-refractivity contribution in [3.05, 3.63) is 35.9 Å². The average Bonchev–Trinajstić information content (AvgIpc) is 3.01. The molecule has 1 heterocycles. The smallest absolute Gasteiger partial charge is 0.356 e. The maximum absolute atomic E-state index is 12.4. The number of hydrogen-bond acceptors (Lipinski definition) is 2. The Morgan fingerprint density at radius 1 is 1.27 bits per heavy atom. The van der Waals surface area contributed by atoms with Gasteiger partial charge in [0.15, 0.2) is 5.96 Å². The second kappa shape index (κ2) is 11.0. The molecular weight excluding hydrogens is 456 g/mol. The maximum Gasteiger partial charge on any atom is 0.401 e. The molecule has 1 fully saturated rings. The molecule has 1 saturated heterocycles. The Labute approximate surface area is 170 Å². The Kier molecular flexibility index (Phi) is 9.70. The van der Waals surface area contributed by atoms with Gasteiger partial charge in [-0.15, -0.1) is 24.0 Å². The molecule has 2 N–H and O–H groups in total. The number of guanidine groups is 1. The van der Waals surface area contributed by atoms with Crippen molar-refractivity contribution in [2.75, 3.05) is 39.8 Å². The maximum atomic E-state index is 12.4. The van der Waals surface area contributed by atoms with E-state index >= 15 is 0 Å². The van der Waals surface area contributed by atoms with Crippen molar-refractivity contribution < 1.29 is 13.2 Å². The summed E-state index contributed by atoms with van der Waals surface area (Å²) < 4.78 is 37.3. The van der Waals surface area contributed by atoms with Crippen LogP contribution in [0.2, 0.25) is 0 Å². The predicted octanol–water partition coefficient (Wildman–Crippen LogP) is 3.46. The second-order valence-corrected chi connectivity index (χ2v) is 6.65. The van der Waals surface area contributed by atoms with Gasteiger partial charge in [-0.05, 0) is 30.4 Å². The lowest BCUT2D eigenvalue weighted by Crippen LogP contribution is -2.41. The van der Waals surface area contributed by atoms with Gasteiger partial charge in [0.05, 0.1) is 6.54 Å². The summed E-state index contributed by atoms with van der Waals surface area (Å²) in [6, 6.07) is 10.2. The largest absolute Gasteiger partial charge is 0.401 e. The molecule has 26 heavy (non-hydrogen) atoms. The van der Waals surface area contributed by atoms with Crippen molar-refractivity contribution in [3.8, 4) is 0 Å². The quantitative estimate of drug-likeness (QED) is 0.369. The topological polar surface area (TPSA) is 39.7 Å². The zero-order valence-corrected chi connectivity index (χ0v) is 17.6. The first-order chi connectivity index (χ1) is 11.9. The van der Waals surface area contributed by atoms with Crippen LogP contribution < -0.4 is 10.6 Å². The van der Waals surface area contributed by atoms with Gasteiger partial charge in [-0.1, -0.05) is 37.3 Å². The zero-order chi connectivity index (χ0) is 18.3.